The summed E-state index contributed by atoms with van der Waals surface area (Å²) in [6.07, 6.45) is 7.26. The highest BCUT2D eigenvalue weighted by Crippen LogP contribution is 2.29. The molecule has 11 heavy (non-hydrogen) atoms. The Morgan fingerprint density at radius 1 is 1.09 bits per heavy atom. The Morgan fingerprint density at radius 2 is 1.64 bits per heavy atom. The summed E-state index contributed by atoms with van der Waals surface area (Å²) in [7, 11) is 2.06. The number of rotatable bonds is 3. The van der Waals surface area contributed by atoms with E-state index in [-0.39, 0.29) is 0 Å². The maximum absolute atomic E-state index is 3.27. The van der Waals surface area contributed by atoms with Crippen molar-refractivity contribution in [2.45, 2.75) is 39.0 Å². The molecule has 1 nitrogen and oxygen atoms in total. The molecule has 0 aromatic rings. The monoisotopic (exact) mass is 155 g/mol. The number of hydrogen-bond acceptors (Lipinski definition) is 1. The van der Waals surface area contributed by atoms with Crippen molar-refractivity contribution in [3.8, 4) is 0 Å². The zero-order valence-corrected chi connectivity index (χ0v) is 7.90. The van der Waals surface area contributed by atoms with Gasteiger partial charge in [0.1, 0.15) is 0 Å². The van der Waals surface area contributed by atoms with Gasteiger partial charge in [0.05, 0.1) is 0 Å². The van der Waals surface area contributed by atoms with Gasteiger partial charge in [0.25, 0.3) is 0 Å². The molecule has 0 aromatic heterocycles. The van der Waals surface area contributed by atoms with E-state index in [4.69, 9.17) is 0 Å². The molecule has 1 fully saturated rings. The van der Waals surface area contributed by atoms with Crippen LogP contribution in [0.4, 0.5) is 0 Å². The third kappa shape index (κ3) is 2.82. The number of hydrogen-bond donors (Lipinski definition) is 1. The highest BCUT2D eigenvalue weighted by molar-refractivity contribution is 4.72. The molecule has 1 N–H and O–H groups in total. The van der Waals surface area contributed by atoms with Gasteiger partial charge in [-0.3, -0.25) is 0 Å². The molecule has 1 rings (SSSR count). The summed E-state index contributed by atoms with van der Waals surface area (Å²) < 4.78 is 0. The van der Waals surface area contributed by atoms with Gasteiger partial charge in [-0.05, 0) is 38.3 Å². The fourth-order valence-electron chi connectivity index (χ4n) is 2.13. The Morgan fingerprint density at radius 3 is 2.09 bits per heavy atom. The minimum Gasteiger partial charge on any atom is -0.319 e. The SMILES string of the molecule is CC[C@H]1CC[C@@H](CNC)CC1. The molecule has 0 saturated heterocycles. The molecule has 0 bridgehead atoms. The lowest BCUT2D eigenvalue weighted by atomic mass is 9.81. The highest BCUT2D eigenvalue weighted by Gasteiger charge is 2.18. The van der Waals surface area contributed by atoms with Gasteiger partial charge in [0.2, 0.25) is 0 Å². The van der Waals surface area contributed by atoms with Gasteiger partial charge in [-0.15, -0.1) is 0 Å². The normalized spacial score (nSPS) is 32.2. The van der Waals surface area contributed by atoms with E-state index in [1.165, 1.54) is 38.6 Å². The predicted octanol–water partition coefficient (Wildman–Crippen LogP) is 2.42. The first-order valence-corrected chi connectivity index (χ1v) is 5.01. The van der Waals surface area contributed by atoms with Gasteiger partial charge in [-0.2, -0.15) is 0 Å². The Kier molecular flexibility index (Phi) is 3.92. The van der Waals surface area contributed by atoms with Crippen LogP contribution in [0.5, 0.6) is 0 Å². The summed E-state index contributed by atoms with van der Waals surface area (Å²) in [5.41, 5.74) is 0. The molecule has 0 atom stereocenters. The zero-order chi connectivity index (χ0) is 8.10. The van der Waals surface area contributed by atoms with E-state index >= 15 is 0 Å². The van der Waals surface area contributed by atoms with Crippen LogP contribution in [0.25, 0.3) is 0 Å². The largest absolute Gasteiger partial charge is 0.319 e. The maximum atomic E-state index is 3.27. The lowest BCUT2D eigenvalue weighted by molar-refractivity contribution is 0.266. The minimum absolute atomic E-state index is 0.975. The van der Waals surface area contributed by atoms with Crippen molar-refractivity contribution in [1.82, 2.24) is 5.32 Å². The van der Waals surface area contributed by atoms with Crippen LogP contribution in [-0.4, -0.2) is 13.6 Å². The van der Waals surface area contributed by atoms with Gasteiger partial charge in [-0.25, -0.2) is 0 Å². The van der Waals surface area contributed by atoms with Crippen LogP contribution in [0.2, 0.25) is 0 Å². The first-order valence-electron chi connectivity index (χ1n) is 5.01. The highest BCUT2D eigenvalue weighted by atomic mass is 14.8. The maximum Gasteiger partial charge on any atom is -0.00235 e. The lowest BCUT2D eigenvalue weighted by Crippen LogP contribution is -2.23. The average molecular weight is 155 g/mol. The number of nitrogens with one attached hydrogen (secondary N) is 1. The van der Waals surface area contributed by atoms with Crippen LogP contribution in [0.15, 0.2) is 0 Å². The van der Waals surface area contributed by atoms with E-state index in [1.54, 1.807) is 0 Å². The summed E-state index contributed by atoms with van der Waals surface area (Å²) in [4.78, 5) is 0. The Hall–Kier alpha value is -0.0400. The molecule has 66 valence electrons. The molecule has 0 spiro atoms. The van der Waals surface area contributed by atoms with Gasteiger partial charge in [-0.1, -0.05) is 26.2 Å². The summed E-state index contributed by atoms with van der Waals surface area (Å²) in [5, 5.41) is 3.27. The fourth-order valence-corrected chi connectivity index (χ4v) is 2.13. The molecule has 0 aromatic carbocycles. The van der Waals surface area contributed by atoms with Crippen molar-refractivity contribution in [2.75, 3.05) is 13.6 Å². The molecule has 0 heterocycles. The molecular weight excluding hydrogens is 134 g/mol. The smallest absolute Gasteiger partial charge is 0.00235 e. The standard InChI is InChI=1S/C10H21N/c1-3-9-4-6-10(7-5-9)8-11-2/h9-11H,3-8H2,1-2H3/t9-,10+. The van der Waals surface area contributed by atoms with Crippen LogP contribution in [0, 0.1) is 11.8 Å². The average Bonchev–Trinajstić information content (AvgIpc) is 2.07. The molecule has 0 unspecified atom stereocenters. The van der Waals surface area contributed by atoms with E-state index in [2.05, 4.69) is 19.3 Å². The van der Waals surface area contributed by atoms with Gasteiger partial charge >= 0.3 is 0 Å². The molecule has 1 aliphatic carbocycles. The van der Waals surface area contributed by atoms with Gasteiger partial charge < -0.3 is 5.32 Å². The Bertz CT molecular complexity index is 93.0. The van der Waals surface area contributed by atoms with E-state index in [0.717, 1.165) is 11.8 Å². The van der Waals surface area contributed by atoms with Crippen molar-refractivity contribution in [3.63, 3.8) is 0 Å². The van der Waals surface area contributed by atoms with Gasteiger partial charge in [0, 0.05) is 0 Å². The van der Waals surface area contributed by atoms with Crippen molar-refractivity contribution < 1.29 is 0 Å². The van der Waals surface area contributed by atoms with E-state index in [0.29, 0.717) is 0 Å². The summed E-state index contributed by atoms with van der Waals surface area (Å²) in [6, 6.07) is 0. The van der Waals surface area contributed by atoms with Crippen LogP contribution in [0.3, 0.4) is 0 Å². The third-order valence-corrected chi connectivity index (χ3v) is 3.04. The quantitative estimate of drug-likeness (QED) is 0.660. The summed E-state index contributed by atoms with van der Waals surface area (Å²) in [6.45, 7) is 3.56. The molecule has 0 amide bonds. The Labute approximate surface area is 70.6 Å². The molecule has 0 radical (unpaired) electrons. The van der Waals surface area contributed by atoms with Crippen LogP contribution < -0.4 is 5.32 Å². The molecule has 1 saturated carbocycles. The summed E-state index contributed by atoms with van der Waals surface area (Å²) in [5.74, 6) is 2.02. The second kappa shape index (κ2) is 4.76. The second-order valence-corrected chi connectivity index (χ2v) is 3.85. The fraction of sp³-hybridized carbons (Fsp3) is 1.00. The van der Waals surface area contributed by atoms with Gasteiger partial charge in [0.15, 0.2) is 0 Å². The minimum atomic E-state index is 0.975. The third-order valence-electron chi connectivity index (χ3n) is 3.04. The second-order valence-electron chi connectivity index (χ2n) is 3.85. The molecule has 1 aliphatic rings. The Balaban J connectivity index is 2.14. The van der Waals surface area contributed by atoms with Crippen molar-refractivity contribution in [2.24, 2.45) is 11.8 Å². The van der Waals surface area contributed by atoms with Crippen molar-refractivity contribution in [1.29, 1.82) is 0 Å². The van der Waals surface area contributed by atoms with Crippen molar-refractivity contribution in [3.05, 3.63) is 0 Å². The van der Waals surface area contributed by atoms with E-state index in [9.17, 15) is 0 Å². The topological polar surface area (TPSA) is 12.0 Å². The summed E-state index contributed by atoms with van der Waals surface area (Å²) >= 11 is 0. The van der Waals surface area contributed by atoms with Crippen LogP contribution >= 0.6 is 0 Å². The first-order chi connectivity index (χ1) is 5.36. The predicted molar refractivity (Wildman–Crippen MR) is 49.7 cm³/mol. The van der Waals surface area contributed by atoms with E-state index < -0.39 is 0 Å². The molecule has 0 aliphatic heterocycles. The molecular formula is C10H21N. The first kappa shape index (κ1) is 9.05. The molecule has 1 heteroatoms. The van der Waals surface area contributed by atoms with E-state index in [1.807, 2.05) is 0 Å². The lowest BCUT2D eigenvalue weighted by Gasteiger charge is -2.27. The zero-order valence-electron chi connectivity index (χ0n) is 7.90. The van der Waals surface area contributed by atoms with Crippen LogP contribution in [-0.2, 0) is 0 Å². The van der Waals surface area contributed by atoms with Crippen molar-refractivity contribution >= 4 is 0 Å². The van der Waals surface area contributed by atoms with Crippen LogP contribution in [0.1, 0.15) is 39.0 Å².